The predicted molar refractivity (Wildman–Crippen MR) is 116 cm³/mol. The summed E-state index contributed by atoms with van der Waals surface area (Å²) in [5.74, 6) is 2.44. The number of hydrogen-bond acceptors (Lipinski definition) is 8. The van der Waals surface area contributed by atoms with E-state index < -0.39 is 0 Å². The van der Waals surface area contributed by atoms with E-state index in [0.29, 0.717) is 44.5 Å². The van der Waals surface area contributed by atoms with Gasteiger partial charge in [-0.15, -0.1) is 0 Å². The zero-order valence-electron chi connectivity index (χ0n) is 17.3. The highest BCUT2D eigenvalue weighted by Gasteiger charge is 2.25. The van der Waals surface area contributed by atoms with Crippen LogP contribution in [0.2, 0.25) is 0 Å². The van der Waals surface area contributed by atoms with Crippen LogP contribution in [0.5, 0.6) is 28.7 Å². The van der Waals surface area contributed by atoms with Gasteiger partial charge in [0, 0.05) is 6.07 Å². The van der Waals surface area contributed by atoms with Gasteiger partial charge in [0.1, 0.15) is 17.2 Å². The molecule has 0 bridgehead atoms. The Bertz CT molecular complexity index is 994. The van der Waals surface area contributed by atoms with Gasteiger partial charge in [-0.05, 0) is 47.7 Å². The molecule has 0 aromatic heterocycles. The lowest BCUT2D eigenvalue weighted by Gasteiger charge is -2.12. The summed E-state index contributed by atoms with van der Waals surface area (Å²) in [6.45, 7) is 0. The summed E-state index contributed by atoms with van der Waals surface area (Å²) in [4.78, 5) is 17.4. The Morgan fingerprint density at radius 1 is 0.867 bits per heavy atom. The molecular weight excluding hydrogens is 408 g/mol. The van der Waals surface area contributed by atoms with E-state index in [9.17, 15) is 4.79 Å². The number of methoxy groups -OCH3 is 5. The zero-order chi connectivity index (χ0) is 21.7. The standard InChI is InChI=1S/C21H22N2O6S/c1-25-13-6-7-14(15(11-13)26-2)22-21-23-20(24)18(30-21)10-12-8-16(27-3)19(29-5)17(9-12)28-4/h6-11H,1-5H3,(H,22,23,24)/b18-10-. The number of carbonyl (C=O) groups excluding carboxylic acids is 1. The molecular formula is C21H22N2O6S. The van der Waals surface area contributed by atoms with Gasteiger partial charge < -0.3 is 29.0 Å². The minimum Gasteiger partial charge on any atom is -0.497 e. The number of aliphatic imine (C=N–C) groups is 1. The molecule has 0 unspecified atom stereocenters. The minimum atomic E-state index is -0.250. The molecule has 3 rings (SSSR count). The van der Waals surface area contributed by atoms with Crippen molar-refractivity contribution in [1.29, 1.82) is 0 Å². The molecule has 0 radical (unpaired) electrons. The average molecular weight is 430 g/mol. The summed E-state index contributed by atoms with van der Waals surface area (Å²) in [5, 5.41) is 3.21. The SMILES string of the molecule is COc1ccc(N=C2NC(=O)/C(=C/c3cc(OC)c(OC)c(OC)c3)S2)c(OC)c1. The van der Waals surface area contributed by atoms with Gasteiger partial charge in [-0.25, -0.2) is 4.99 Å². The Balaban J connectivity index is 1.91. The molecule has 30 heavy (non-hydrogen) atoms. The van der Waals surface area contributed by atoms with Gasteiger partial charge in [-0.3, -0.25) is 4.79 Å². The van der Waals surface area contributed by atoms with E-state index >= 15 is 0 Å². The summed E-state index contributed by atoms with van der Waals surface area (Å²) in [7, 11) is 7.74. The number of amides is 1. The van der Waals surface area contributed by atoms with Crippen LogP contribution in [0.25, 0.3) is 6.08 Å². The molecule has 0 atom stereocenters. The van der Waals surface area contributed by atoms with Crippen LogP contribution in [0.3, 0.4) is 0 Å². The van der Waals surface area contributed by atoms with E-state index in [1.807, 2.05) is 0 Å². The van der Waals surface area contributed by atoms with Crippen molar-refractivity contribution in [3.8, 4) is 28.7 Å². The summed E-state index contributed by atoms with van der Waals surface area (Å²) in [6, 6.07) is 8.80. The molecule has 2 aromatic carbocycles. The molecule has 2 aromatic rings. The lowest BCUT2D eigenvalue weighted by molar-refractivity contribution is -0.115. The Kier molecular flexibility index (Phi) is 6.73. The first-order chi connectivity index (χ1) is 14.5. The molecule has 1 fully saturated rings. The van der Waals surface area contributed by atoms with Gasteiger partial charge in [0.2, 0.25) is 5.75 Å². The highest BCUT2D eigenvalue weighted by atomic mass is 32.2. The largest absolute Gasteiger partial charge is 0.497 e. The lowest BCUT2D eigenvalue weighted by Crippen LogP contribution is -2.19. The third-order valence-corrected chi connectivity index (χ3v) is 5.15. The first-order valence-corrected chi connectivity index (χ1v) is 9.66. The van der Waals surface area contributed by atoms with Crippen molar-refractivity contribution < 1.29 is 28.5 Å². The smallest absolute Gasteiger partial charge is 0.264 e. The van der Waals surface area contributed by atoms with Crippen LogP contribution in [0.4, 0.5) is 5.69 Å². The zero-order valence-corrected chi connectivity index (χ0v) is 18.1. The predicted octanol–water partition coefficient (Wildman–Crippen LogP) is 3.62. The fraction of sp³-hybridized carbons (Fsp3) is 0.238. The first kappa shape index (κ1) is 21.4. The topological polar surface area (TPSA) is 87.6 Å². The van der Waals surface area contributed by atoms with Gasteiger partial charge in [0.15, 0.2) is 16.7 Å². The molecule has 8 nitrogen and oxygen atoms in total. The lowest BCUT2D eigenvalue weighted by atomic mass is 10.1. The quantitative estimate of drug-likeness (QED) is 0.671. The molecule has 0 aliphatic carbocycles. The van der Waals surface area contributed by atoms with Crippen molar-refractivity contribution in [3.05, 3.63) is 40.8 Å². The number of nitrogens with zero attached hydrogens (tertiary/aromatic N) is 1. The van der Waals surface area contributed by atoms with Crippen molar-refractivity contribution in [3.63, 3.8) is 0 Å². The summed E-state index contributed by atoms with van der Waals surface area (Å²) in [5.41, 5.74) is 1.31. The van der Waals surface area contributed by atoms with Crippen molar-refractivity contribution in [2.24, 2.45) is 4.99 Å². The number of hydrogen-bond donors (Lipinski definition) is 1. The third kappa shape index (κ3) is 4.46. The molecule has 1 aliphatic heterocycles. The van der Waals surface area contributed by atoms with Gasteiger partial charge in [0.05, 0.1) is 40.5 Å². The van der Waals surface area contributed by atoms with Crippen LogP contribution in [0.1, 0.15) is 5.56 Å². The molecule has 1 amide bonds. The average Bonchev–Trinajstić information content (AvgIpc) is 3.11. The first-order valence-electron chi connectivity index (χ1n) is 8.84. The number of rotatable bonds is 7. The van der Waals surface area contributed by atoms with Crippen LogP contribution in [-0.4, -0.2) is 46.6 Å². The second-order valence-electron chi connectivity index (χ2n) is 5.98. The third-order valence-electron chi connectivity index (χ3n) is 4.24. The summed E-state index contributed by atoms with van der Waals surface area (Å²) < 4.78 is 26.6. The molecule has 1 saturated heterocycles. The highest BCUT2D eigenvalue weighted by Crippen LogP contribution is 2.40. The number of amidine groups is 1. The molecule has 1 aliphatic rings. The second kappa shape index (κ2) is 9.45. The van der Waals surface area contributed by atoms with Crippen LogP contribution >= 0.6 is 11.8 Å². The molecule has 9 heteroatoms. The van der Waals surface area contributed by atoms with E-state index in [2.05, 4.69) is 10.3 Å². The molecule has 1 N–H and O–H groups in total. The van der Waals surface area contributed by atoms with Crippen molar-refractivity contribution >= 4 is 34.6 Å². The van der Waals surface area contributed by atoms with E-state index in [0.717, 1.165) is 5.56 Å². The summed E-state index contributed by atoms with van der Waals surface area (Å²) in [6.07, 6.45) is 1.73. The highest BCUT2D eigenvalue weighted by molar-refractivity contribution is 8.18. The molecule has 1 heterocycles. The van der Waals surface area contributed by atoms with Crippen molar-refractivity contribution in [1.82, 2.24) is 5.32 Å². The fourth-order valence-electron chi connectivity index (χ4n) is 2.80. The van der Waals surface area contributed by atoms with Gasteiger partial charge in [-0.1, -0.05) is 0 Å². The van der Waals surface area contributed by atoms with Crippen LogP contribution in [0.15, 0.2) is 40.2 Å². The molecule has 0 spiro atoms. The number of ether oxygens (including phenoxy) is 5. The Morgan fingerprint density at radius 3 is 2.10 bits per heavy atom. The van der Waals surface area contributed by atoms with E-state index in [1.165, 1.54) is 33.1 Å². The maximum Gasteiger partial charge on any atom is 0.264 e. The van der Waals surface area contributed by atoms with Gasteiger partial charge in [0.25, 0.3) is 5.91 Å². The maximum atomic E-state index is 12.4. The van der Waals surface area contributed by atoms with E-state index in [-0.39, 0.29) is 5.91 Å². The normalized spacial score (nSPS) is 15.8. The molecule has 0 saturated carbocycles. The number of nitrogens with one attached hydrogen (secondary N) is 1. The number of thioether (sulfide) groups is 1. The molecule has 158 valence electrons. The Hall–Kier alpha value is -3.33. The maximum absolute atomic E-state index is 12.4. The van der Waals surface area contributed by atoms with Gasteiger partial charge >= 0.3 is 0 Å². The number of carbonyl (C=O) groups is 1. The second-order valence-corrected chi connectivity index (χ2v) is 7.01. The minimum absolute atomic E-state index is 0.250. The van der Waals surface area contributed by atoms with E-state index in [4.69, 9.17) is 23.7 Å². The van der Waals surface area contributed by atoms with Gasteiger partial charge in [-0.2, -0.15) is 0 Å². The Labute approximate surface area is 178 Å². The monoisotopic (exact) mass is 430 g/mol. The number of benzene rings is 2. The van der Waals surface area contributed by atoms with E-state index in [1.54, 1.807) is 50.6 Å². The summed E-state index contributed by atoms with van der Waals surface area (Å²) >= 11 is 1.23. The Morgan fingerprint density at radius 2 is 1.53 bits per heavy atom. The van der Waals surface area contributed by atoms with Crippen molar-refractivity contribution in [2.45, 2.75) is 0 Å². The van der Waals surface area contributed by atoms with Crippen LogP contribution < -0.4 is 29.0 Å². The van der Waals surface area contributed by atoms with Crippen LogP contribution in [-0.2, 0) is 4.79 Å². The van der Waals surface area contributed by atoms with Crippen LogP contribution in [0, 0.1) is 0 Å². The van der Waals surface area contributed by atoms with Crippen molar-refractivity contribution in [2.75, 3.05) is 35.5 Å². The fourth-order valence-corrected chi connectivity index (χ4v) is 3.64.